The SMILES string of the molecule is C=CC(=O)Nc1ccc(-c2nc3ncnc(NC(C(=O)O)c4ccccc4)c3[nH]2)cc1. The van der Waals surface area contributed by atoms with Crippen LogP contribution >= 0.6 is 0 Å². The van der Waals surface area contributed by atoms with Crippen LogP contribution in [-0.2, 0) is 9.59 Å². The van der Waals surface area contributed by atoms with Crippen molar-refractivity contribution < 1.29 is 14.7 Å². The zero-order valence-corrected chi connectivity index (χ0v) is 16.2. The first kappa shape index (κ1) is 19.8. The number of rotatable bonds is 7. The maximum atomic E-state index is 11.8. The van der Waals surface area contributed by atoms with Gasteiger partial charge >= 0.3 is 5.97 Å². The number of benzene rings is 2. The standard InChI is InChI=1S/C22H18N6O3/c1-2-16(29)25-15-10-8-14(9-11-15)19-27-18-20(23-12-24-21(18)28-19)26-17(22(30)31)13-6-4-3-5-7-13/h2-12,17H,1H2,(H,25,29)(H,30,31)(H2,23,24,26,27,28). The normalized spacial score (nSPS) is 11.6. The van der Waals surface area contributed by atoms with Crippen LogP contribution in [0, 0.1) is 0 Å². The molecule has 0 saturated heterocycles. The lowest BCUT2D eigenvalue weighted by molar-refractivity contribution is -0.138. The van der Waals surface area contributed by atoms with Crippen molar-refractivity contribution in [2.75, 3.05) is 10.6 Å². The second-order valence-corrected chi connectivity index (χ2v) is 6.60. The Balaban J connectivity index is 1.65. The monoisotopic (exact) mass is 414 g/mol. The summed E-state index contributed by atoms with van der Waals surface area (Å²) in [6, 6.07) is 14.9. The molecule has 0 aliphatic carbocycles. The number of anilines is 2. The smallest absolute Gasteiger partial charge is 0.330 e. The molecule has 1 atom stereocenters. The topological polar surface area (TPSA) is 133 Å². The van der Waals surface area contributed by atoms with Gasteiger partial charge in [0.25, 0.3) is 0 Å². The van der Waals surface area contributed by atoms with Crippen LogP contribution in [0.5, 0.6) is 0 Å². The van der Waals surface area contributed by atoms with E-state index < -0.39 is 12.0 Å². The molecule has 1 unspecified atom stereocenters. The molecule has 0 fully saturated rings. The van der Waals surface area contributed by atoms with Gasteiger partial charge in [0.1, 0.15) is 17.7 Å². The lowest BCUT2D eigenvalue weighted by atomic mass is 10.1. The molecular weight excluding hydrogens is 396 g/mol. The highest BCUT2D eigenvalue weighted by Gasteiger charge is 2.22. The molecular formula is C22H18N6O3. The highest BCUT2D eigenvalue weighted by atomic mass is 16.4. The van der Waals surface area contributed by atoms with E-state index in [1.807, 2.05) is 6.07 Å². The van der Waals surface area contributed by atoms with Crippen molar-refractivity contribution in [3.05, 3.63) is 79.1 Å². The fourth-order valence-electron chi connectivity index (χ4n) is 3.05. The van der Waals surface area contributed by atoms with E-state index in [4.69, 9.17) is 0 Å². The second kappa shape index (κ2) is 8.46. The first-order valence-electron chi connectivity index (χ1n) is 9.34. The van der Waals surface area contributed by atoms with Gasteiger partial charge in [-0.2, -0.15) is 0 Å². The number of hydrogen-bond acceptors (Lipinski definition) is 6. The molecule has 31 heavy (non-hydrogen) atoms. The summed E-state index contributed by atoms with van der Waals surface area (Å²) in [6.07, 6.45) is 2.52. The Bertz CT molecular complexity index is 1250. The number of carbonyl (C=O) groups is 2. The summed E-state index contributed by atoms with van der Waals surface area (Å²) in [5.41, 5.74) is 2.87. The maximum absolute atomic E-state index is 11.8. The number of H-pyrrole nitrogens is 1. The van der Waals surface area contributed by atoms with Gasteiger partial charge in [0.05, 0.1) is 0 Å². The van der Waals surface area contributed by atoms with Gasteiger partial charge in [-0.05, 0) is 35.9 Å². The number of aromatic nitrogens is 4. The third-order valence-corrected chi connectivity index (χ3v) is 4.56. The number of fused-ring (bicyclic) bond motifs is 1. The summed E-state index contributed by atoms with van der Waals surface area (Å²) in [7, 11) is 0. The Morgan fingerprint density at radius 3 is 2.48 bits per heavy atom. The van der Waals surface area contributed by atoms with E-state index in [0.29, 0.717) is 34.1 Å². The molecule has 0 radical (unpaired) electrons. The molecule has 1 amide bonds. The average Bonchev–Trinajstić information content (AvgIpc) is 3.23. The molecule has 9 nitrogen and oxygen atoms in total. The molecule has 2 aromatic heterocycles. The number of aromatic amines is 1. The summed E-state index contributed by atoms with van der Waals surface area (Å²) in [4.78, 5) is 39.3. The minimum Gasteiger partial charge on any atom is -0.479 e. The largest absolute Gasteiger partial charge is 0.479 e. The number of carboxylic acid groups (broad SMARTS) is 1. The Morgan fingerprint density at radius 1 is 1.06 bits per heavy atom. The zero-order chi connectivity index (χ0) is 21.8. The van der Waals surface area contributed by atoms with E-state index in [-0.39, 0.29) is 5.91 Å². The van der Waals surface area contributed by atoms with Crippen LogP contribution in [0.25, 0.3) is 22.6 Å². The maximum Gasteiger partial charge on any atom is 0.330 e. The quantitative estimate of drug-likeness (QED) is 0.341. The third kappa shape index (κ3) is 4.25. The first-order chi connectivity index (χ1) is 15.0. The molecule has 0 aliphatic heterocycles. The van der Waals surface area contributed by atoms with Crippen LogP contribution in [0.15, 0.2) is 73.6 Å². The van der Waals surface area contributed by atoms with E-state index in [1.54, 1.807) is 48.5 Å². The molecule has 2 heterocycles. The minimum atomic E-state index is -1.03. The molecule has 0 bridgehead atoms. The van der Waals surface area contributed by atoms with Crippen molar-refractivity contribution in [1.82, 2.24) is 19.9 Å². The van der Waals surface area contributed by atoms with E-state index in [9.17, 15) is 14.7 Å². The van der Waals surface area contributed by atoms with Gasteiger partial charge in [0.15, 0.2) is 17.5 Å². The van der Waals surface area contributed by atoms with Crippen molar-refractivity contribution in [3.63, 3.8) is 0 Å². The zero-order valence-electron chi connectivity index (χ0n) is 16.2. The summed E-state index contributed by atoms with van der Waals surface area (Å²) in [6.45, 7) is 3.42. The van der Waals surface area contributed by atoms with Crippen molar-refractivity contribution in [3.8, 4) is 11.4 Å². The lowest BCUT2D eigenvalue weighted by Gasteiger charge is -2.15. The molecule has 0 saturated carbocycles. The number of carbonyl (C=O) groups excluding carboxylic acids is 1. The molecule has 0 spiro atoms. The fourth-order valence-corrected chi connectivity index (χ4v) is 3.05. The Morgan fingerprint density at radius 2 is 1.81 bits per heavy atom. The van der Waals surface area contributed by atoms with Crippen molar-refractivity contribution in [1.29, 1.82) is 0 Å². The first-order valence-corrected chi connectivity index (χ1v) is 9.34. The number of aliphatic carboxylic acids is 1. The molecule has 0 aliphatic rings. The van der Waals surface area contributed by atoms with E-state index in [2.05, 4.69) is 37.1 Å². The number of nitrogens with one attached hydrogen (secondary N) is 3. The number of nitrogens with zero attached hydrogens (tertiary/aromatic N) is 3. The highest BCUT2D eigenvalue weighted by Crippen LogP contribution is 2.26. The van der Waals surface area contributed by atoms with Crippen LogP contribution in [0.1, 0.15) is 11.6 Å². The van der Waals surface area contributed by atoms with Crippen molar-refractivity contribution in [2.45, 2.75) is 6.04 Å². The molecule has 9 heteroatoms. The Labute approximate surface area is 176 Å². The summed E-state index contributed by atoms with van der Waals surface area (Å²) in [5, 5.41) is 15.3. The molecule has 4 N–H and O–H groups in total. The summed E-state index contributed by atoms with van der Waals surface area (Å²) < 4.78 is 0. The molecule has 4 aromatic rings. The molecule has 2 aromatic carbocycles. The van der Waals surface area contributed by atoms with Crippen molar-refractivity contribution in [2.24, 2.45) is 0 Å². The predicted molar refractivity (Wildman–Crippen MR) is 116 cm³/mol. The van der Waals surface area contributed by atoms with Crippen LogP contribution in [-0.4, -0.2) is 36.9 Å². The fraction of sp³-hybridized carbons (Fsp3) is 0.0455. The highest BCUT2D eigenvalue weighted by molar-refractivity contribution is 5.99. The third-order valence-electron chi connectivity index (χ3n) is 4.56. The van der Waals surface area contributed by atoms with Gasteiger partial charge in [-0.25, -0.2) is 19.7 Å². The van der Waals surface area contributed by atoms with E-state index in [1.165, 1.54) is 12.4 Å². The van der Waals surface area contributed by atoms with Crippen molar-refractivity contribution >= 4 is 34.5 Å². The van der Waals surface area contributed by atoms with Crippen LogP contribution < -0.4 is 10.6 Å². The van der Waals surface area contributed by atoms with Gasteiger partial charge in [-0.15, -0.1) is 0 Å². The van der Waals surface area contributed by atoms with Gasteiger partial charge in [0, 0.05) is 11.3 Å². The van der Waals surface area contributed by atoms with E-state index >= 15 is 0 Å². The lowest BCUT2D eigenvalue weighted by Crippen LogP contribution is -2.21. The van der Waals surface area contributed by atoms with Crippen LogP contribution in [0.3, 0.4) is 0 Å². The summed E-state index contributed by atoms with van der Waals surface area (Å²) in [5.74, 6) is -0.467. The van der Waals surface area contributed by atoms with Gasteiger partial charge in [-0.1, -0.05) is 36.9 Å². The minimum absolute atomic E-state index is 0.297. The van der Waals surface area contributed by atoms with Gasteiger partial charge in [-0.3, -0.25) is 4.79 Å². The second-order valence-electron chi connectivity index (χ2n) is 6.60. The molecule has 4 rings (SSSR count). The Hall–Kier alpha value is -4.53. The van der Waals surface area contributed by atoms with Crippen LogP contribution in [0.2, 0.25) is 0 Å². The van der Waals surface area contributed by atoms with Crippen LogP contribution in [0.4, 0.5) is 11.5 Å². The average molecular weight is 414 g/mol. The van der Waals surface area contributed by atoms with Gasteiger partial charge < -0.3 is 20.7 Å². The van der Waals surface area contributed by atoms with E-state index in [0.717, 1.165) is 5.56 Å². The number of carboxylic acids is 1. The number of hydrogen-bond donors (Lipinski definition) is 4. The summed E-state index contributed by atoms with van der Waals surface area (Å²) >= 11 is 0. The Kier molecular flexibility index (Phi) is 5.39. The van der Waals surface area contributed by atoms with Gasteiger partial charge in [0.2, 0.25) is 5.91 Å². The number of amides is 1. The predicted octanol–water partition coefficient (Wildman–Crippen LogP) is 3.38. The number of imidazole rings is 1. The molecule has 154 valence electrons.